The molecule has 0 saturated carbocycles. The summed E-state index contributed by atoms with van der Waals surface area (Å²) in [7, 11) is 0. The van der Waals surface area contributed by atoms with Crippen LogP contribution in [0.3, 0.4) is 0 Å². The third kappa shape index (κ3) is 0.943. The van der Waals surface area contributed by atoms with E-state index in [1.165, 1.54) is 0 Å². The maximum Gasteiger partial charge on any atom is 0.273 e. The van der Waals surface area contributed by atoms with Crippen molar-refractivity contribution in [3.63, 3.8) is 0 Å². The van der Waals surface area contributed by atoms with E-state index >= 15 is 0 Å². The Kier molecular flexibility index (Phi) is 1.57. The second-order valence-electron chi connectivity index (χ2n) is 2.51. The molecule has 10 heavy (non-hydrogen) atoms. The molecule has 1 amide bonds. The van der Waals surface area contributed by atoms with Gasteiger partial charge in [0, 0.05) is 0 Å². The van der Waals surface area contributed by atoms with Crippen LogP contribution in [0.2, 0.25) is 0 Å². The fourth-order valence-corrected chi connectivity index (χ4v) is 1.000. The first-order valence-electron chi connectivity index (χ1n) is 3.15. The van der Waals surface area contributed by atoms with Gasteiger partial charge in [-0.25, -0.2) is 5.43 Å². The highest BCUT2D eigenvalue weighted by atomic mass is 16.2. The number of carbonyl (C=O) groups excluding carboxylic acids is 1. The van der Waals surface area contributed by atoms with Crippen molar-refractivity contribution < 1.29 is 4.79 Å². The first-order valence-corrected chi connectivity index (χ1v) is 3.15. The van der Waals surface area contributed by atoms with Gasteiger partial charge in [-0.2, -0.15) is 5.10 Å². The Bertz CT molecular complexity index is 234. The molecule has 3 heteroatoms. The van der Waals surface area contributed by atoms with Crippen molar-refractivity contribution in [1.29, 1.82) is 0 Å². The van der Waals surface area contributed by atoms with Gasteiger partial charge >= 0.3 is 0 Å². The molecule has 0 spiro atoms. The van der Waals surface area contributed by atoms with Crippen molar-refractivity contribution in [2.75, 3.05) is 0 Å². The quantitative estimate of drug-likeness (QED) is 0.495. The first kappa shape index (κ1) is 6.99. The van der Waals surface area contributed by atoms with Gasteiger partial charge in [-0.05, 0) is 20.8 Å². The largest absolute Gasteiger partial charge is 0.273 e. The molecule has 0 atom stereocenters. The fraction of sp³-hybridized carbons (Fsp3) is 0.429. The number of nitrogens with one attached hydrogen (secondary N) is 1. The van der Waals surface area contributed by atoms with Crippen molar-refractivity contribution in [3.8, 4) is 0 Å². The van der Waals surface area contributed by atoms with E-state index in [4.69, 9.17) is 0 Å². The molecule has 1 aliphatic heterocycles. The average molecular weight is 138 g/mol. The lowest BCUT2D eigenvalue weighted by molar-refractivity contribution is -0.116. The minimum Gasteiger partial charge on any atom is -0.267 e. The van der Waals surface area contributed by atoms with Crippen LogP contribution in [0.5, 0.6) is 0 Å². The minimum absolute atomic E-state index is 0.0856. The molecule has 0 fully saturated rings. The Hall–Kier alpha value is -1.12. The summed E-state index contributed by atoms with van der Waals surface area (Å²) < 4.78 is 0. The standard InChI is InChI=1S/C7H10N2O/c1-4(2)6-5(3)8-9-7(6)10/h1-3H3,(H,9,10). The molecule has 0 aliphatic carbocycles. The van der Waals surface area contributed by atoms with E-state index in [0.717, 1.165) is 16.9 Å². The van der Waals surface area contributed by atoms with E-state index in [1.807, 2.05) is 20.8 Å². The number of rotatable bonds is 0. The second kappa shape index (κ2) is 2.25. The third-order valence-electron chi connectivity index (χ3n) is 1.41. The van der Waals surface area contributed by atoms with Crippen LogP contribution in [-0.2, 0) is 4.79 Å². The van der Waals surface area contributed by atoms with Crippen LogP contribution in [0, 0.1) is 0 Å². The van der Waals surface area contributed by atoms with Crippen LogP contribution < -0.4 is 5.43 Å². The van der Waals surface area contributed by atoms with Gasteiger partial charge in [0.1, 0.15) is 0 Å². The second-order valence-corrected chi connectivity index (χ2v) is 2.51. The number of hydrogen-bond acceptors (Lipinski definition) is 2. The molecule has 1 aliphatic rings. The Labute approximate surface area is 59.8 Å². The number of allylic oxidation sites excluding steroid dienone is 1. The predicted molar refractivity (Wildman–Crippen MR) is 39.6 cm³/mol. The Morgan fingerprint density at radius 3 is 2.30 bits per heavy atom. The monoisotopic (exact) mass is 138 g/mol. The average Bonchev–Trinajstić information content (AvgIpc) is 2.11. The predicted octanol–water partition coefficient (Wildman–Crippen LogP) is 0.829. The molecule has 0 aromatic heterocycles. The van der Waals surface area contributed by atoms with Gasteiger partial charge in [-0.3, -0.25) is 4.79 Å². The van der Waals surface area contributed by atoms with Crippen LogP contribution in [0.1, 0.15) is 20.8 Å². The van der Waals surface area contributed by atoms with Gasteiger partial charge in [0.2, 0.25) is 0 Å². The van der Waals surface area contributed by atoms with Gasteiger partial charge < -0.3 is 0 Å². The normalized spacial score (nSPS) is 16.9. The van der Waals surface area contributed by atoms with Crippen LogP contribution in [0.25, 0.3) is 0 Å². The van der Waals surface area contributed by atoms with E-state index in [9.17, 15) is 4.79 Å². The van der Waals surface area contributed by atoms with Gasteiger partial charge in [0.15, 0.2) is 0 Å². The van der Waals surface area contributed by atoms with E-state index in [2.05, 4.69) is 10.5 Å². The summed E-state index contributed by atoms with van der Waals surface area (Å²) in [6, 6.07) is 0. The molecule has 1 heterocycles. The van der Waals surface area contributed by atoms with E-state index < -0.39 is 0 Å². The van der Waals surface area contributed by atoms with Crippen molar-refractivity contribution in [3.05, 3.63) is 11.1 Å². The van der Waals surface area contributed by atoms with Gasteiger partial charge in [-0.1, -0.05) is 5.57 Å². The first-order chi connectivity index (χ1) is 4.63. The lowest BCUT2D eigenvalue weighted by Crippen LogP contribution is -2.13. The smallest absolute Gasteiger partial charge is 0.267 e. The number of amides is 1. The number of hydrazone groups is 1. The molecule has 0 unspecified atom stereocenters. The maximum absolute atomic E-state index is 10.9. The minimum atomic E-state index is -0.0856. The zero-order chi connectivity index (χ0) is 7.72. The van der Waals surface area contributed by atoms with Crippen molar-refractivity contribution in [2.24, 2.45) is 5.10 Å². The Balaban J connectivity index is 3.07. The van der Waals surface area contributed by atoms with Gasteiger partial charge in [-0.15, -0.1) is 0 Å². The summed E-state index contributed by atoms with van der Waals surface area (Å²) in [4.78, 5) is 10.9. The van der Waals surface area contributed by atoms with Crippen molar-refractivity contribution in [2.45, 2.75) is 20.8 Å². The molecule has 54 valence electrons. The van der Waals surface area contributed by atoms with Crippen LogP contribution in [0.4, 0.5) is 0 Å². The van der Waals surface area contributed by atoms with Crippen LogP contribution in [-0.4, -0.2) is 11.6 Å². The van der Waals surface area contributed by atoms with Gasteiger partial charge in [0.25, 0.3) is 5.91 Å². The third-order valence-corrected chi connectivity index (χ3v) is 1.41. The number of carbonyl (C=O) groups is 1. The highest BCUT2D eigenvalue weighted by Gasteiger charge is 2.19. The molecule has 0 radical (unpaired) electrons. The highest BCUT2D eigenvalue weighted by molar-refractivity contribution is 6.24. The SMILES string of the molecule is CC1=NNC(=O)C1=C(C)C. The van der Waals surface area contributed by atoms with Crippen LogP contribution in [0.15, 0.2) is 16.2 Å². The van der Waals surface area contributed by atoms with Gasteiger partial charge in [0.05, 0.1) is 11.3 Å². The summed E-state index contributed by atoms with van der Waals surface area (Å²) >= 11 is 0. The molecule has 0 aromatic carbocycles. The van der Waals surface area contributed by atoms with E-state index in [0.29, 0.717) is 0 Å². The zero-order valence-electron chi connectivity index (χ0n) is 6.36. The highest BCUT2D eigenvalue weighted by Crippen LogP contribution is 2.09. The van der Waals surface area contributed by atoms with Crippen molar-refractivity contribution >= 4 is 11.6 Å². The summed E-state index contributed by atoms with van der Waals surface area (Å²) in [5.41, 5.74) is 4.91. The van der Waals surface area contributed by atoms with Crippen molar-refractivity contribution in [1.82, 2.24) is 5.43 Å². The molecule has 1 N–H and O–H groups in total. The maximum atomic E-state index is 10.9. The number of hydrogen-bond donors (Lipinski definition) is 1. The molecule has 0 bridgehead atoms. The van der Waals surface area contributed by atoms with Crippen LogP contribution >= 0.6 is 0 Å². The summed E-state index contributed by atoms with van der Waals surface area (Å²) in [6.45, 7) is 5.62. The lowest BCUT2D eigenvalue weighted by Gasteiger charge is -1.95. The van der Waals surface area contributed by atoms with E-state index in [-0.39, 0.29) is 5.91 Å². The summed E-state index contributed by atoms with van der Waals surface area (Å²) in [5.74, 6) is -0.0856. The number of nitrogens with zero attached hydrogens (tertiary/aromatic N) is 1. The summed E-state index contributed by atoms with van der Waals surface area (Å²) in [6.07, 6.45) is 0. The molecular weight excluding hydrogens is 128 g/mol. The molecular formula is C7H10N2O. The Morgan fingerprint density at radius 1 is 1.50 bits per heavy atom. The fourth-order valence-electron chi connectivity index (χ4n) is 1.000. The molecule has 3 nitrogen and oxygen atoms in total. The molecule has 0 saturated heterocycles. The molecule has 1 rings (SSSR count). The zero-order valence-corrected chi connectivity index (χ0v) is 6.36. The topological polar surface area (TPSA) is 41.5 Å². The van der Waals surface area contributed by atoms with E-state index in [1.54, 1.807) is 0 Å². The molecule has 0 aromatic rings. The lowest BCUT2D eigenvalue weighted by atomic mass is 10.1. The Morgan fingerprint density at radius 2 is 2.10 bits per heavy atom. The summed E-state index contributed by atoms with van der Waals surface area (Å²) in [5, 5.41) is 3.78.